The zero-order valence-corrected chi connectivity index (χ0v) is 14.4. The van der Waals surface area contributed by atoms with Crippen molar-refractivity contribution >= 4 is 61.7 Å². The van der Waals surface area contributed by atoms with Gasteiger partial charge in [0.25, 0.3) is 0 Å². The van der Waals surface area contributed by atoms with E-state index >= 15 is 0 Å². The van der Waals surface area contributed by atoms with Crippen molar-refractivity contribution in [2.75, 3.05) is 0 Å². The van der Waals surface area contributed by atoms with Crippen LogP contribution in [0.1, 0.15) is 17.2 Å². The summed E-state index contributed by atoms with van der Waals surface area (Å²) < 4.78 is 2.09. The van der Waals surface area contributed by atoms with Crippen molar-refractivity contribution in [2.24, 2.45) is 5.73 Å². The van der Waals surface area contributed by atoms with Crippen LogP contribution in [-0.4, -0.2) is 0 Å². The highest BCUT2D eigenvalue weighted by Gasteiger charge is 2.16. The molecule has 0 spiro atoms. The second-order valence-corrected chi connectivity index (χ2v) is 6.67. The maximum atomic E-state index is 6.28. The van der Waals surface area contributed by atoms with E-state index in [1.165, 1.54) is 0 Å². The van der Waals surface area contributed by atoms with E-state index in [1.807, 2.05) is 30.3 Å². The van der Waals surface area contributed by atoms with Crippen LogP contribution in [0.5, 0.6) is 0 Å². The van der Waals surface area contributed by atoms with Gasteiger partial charge in [-0.2, -0.15) is 0 Å². The van der Waals surface area contributed by atoms with Gasteiger partial charge in [-0.3, -0.25) is 0 Å². The zero-order chi connectivity index (χ0) is 13.3. The van der Waals surface area contributed by atoms with Gasteiger partial charge < -0.3 is 5.73 Å². The van der Waals surface area contributed by atoms with Crippen LogP contribution in [-0.2, 0) is 0 Å². The van der Waals surface area contributed by atoms with Crippen LogP contribution in [0.4, 0.5) is 0 Å². The van der Waals surface area contributed by atoms with Gasteiger partial charge in [0.1, 0.15) is 0 Å². The Labute approximate surface area is 138 Å². The van der Waals surface area contributed by atoms with E-state index < -0.39 is 0 Å². The van der Waals surface area contributed by atoms with Crippen molar-refractivity contribution in [2.45, 2.75) is 6.04 Å². The highest BCUT2D eigenvalue weighted by Crippen LogP contribution is 2.34. The Morgan fingerprint density at radius 1 is 1.11 bits per heavy atom. The fraction of sp³-hybridized carbons (Fsp3) is 0.0769. The SMILES string of the molecule is NC(c1cc(I)ccc1Br)c1cccc(Cl)c1Cl. The van der Waals surface area contributed by atoms with Crippen LogP contribution in [0, 0.1) is 3.57 Å². The predicted octanol–water partition coefficient (Wildman–Crippen LogP) is 5.41. The number of benzene rings is 2. The minimum atomic E-state index is -0.305. The normalized spacial score (nSPS) is 12.5. The van der Waals surface area contributed by atoms with Crippen molar-refractivity contribution in [3.8, 4) is 0 Å². The van der Waals surface area contributed by atoms with Gasteiger partial charge in [-0.1, -0.05) is 51.3 Å². The van der Waals surface area contributed by atoms with Crippen molar-refractivity contribution in [1.29, 1.82) is 0 Å². The molecule has 0 aromatic heterocycles. The second kappa shape index (κ2) is 6.09. The average Bonchev–Trinajstić information content (AvgIpc) is 2.35. The molecule has 2 N–H and O–H groups in total. The molecule has 0 fully saturated rings. The lowest BCUT2D eigenvalue weighted by Crippen LogP contribution is -2.13. The third-order valence-electron chi connectivity index (χ3n) is 2.61. The summed E-state index contributed by atoms with van der Waals surface area (Å²) in [5.41, 5.74) is 8.10. The van der Waals surface area contributed by atoms with Crippen molar-refractivity contribution in [3.05, 3.63) is 65.6 Å². The average molecular weight is 457 g/mol. The number of hydrogen-bond donors (Lipinski definition) is 1. The Hall–Kier alpha value is 0.190. The van der Waals surface area contributed by atoms with Crippen molar-refractivity contribution in [3.63, 3.8) is 0 Å². The molecular weight excluding hydrogens is 448 g/mol. The largest absolute Gasteiger partial charge is 0.320 e. The molecule has 1 atom stereocenters. The Morgan fingerprint density at radius 3 is 2.56 bits per heavy atom. The standard InChI is InChI=1S/C13H9BrCl2IN/c14-10-5-4-7(17)6-9(10)13(18)8-2-1-3-11(15)12(8)16/h1-6,13H,18H2. The van der Waals surface area contributed by atoms with Gasteiger partial charge in [0.15, 0.2) is 0 Å². The zero-order valence-electron chi connectivity index (χ0n) is 9.13. The summed E-state index contributed by atoms with van der Waals surface area (Å²) in [6.45, 7) is 0. The number of hydrogen-bond acceptors (Lipinski definition) is 1. The summed E-state index contributed by atoms with van der Waals surface area (Å²) in [4.78, 5) is 0. The molecule has 5 heteroatoms. The van der Waals surface area contributed by atoms with Gasteiger partial charge in [0.2, 0.25) is 0 Å². The number of nitrogens with two attached hydrogens (primary N) is 1. The molecule has 0 aliphatic rings. The van der Waals surface area contributed by atoms with Gasteiger partial charge in [-0.25, -0.2) is 0 Å². The van der Waals surface area contributed by atoms with Crippen molar-refractivity contribution in [1.82, 2.24) is 0 Å². The van der Waals surface area contributed by atoms with E-state index in [9.17, 15) is 0 Å². The molecule has 94 valence electrons. The van der Waals surface area contributed by atoms with Crippen LogP contribution in [0.2, 0.25) is 10.0 Å². The molecule has 2 aromatic carbocycles. The molecule has 0 bridgehead atoms. The minimum Gasteiger partial charge on any atom is -0.320 e. The van der Waals surface area contributed by atoms with Gasteiger partial charge in [0, 0.05) is 8.04 Å². The van der Waals surface area contributed by atoms with E-state index in [4.69, 9.17) is 28.9 Å². The first-order valence-electron chi connectivity index (χ1n) is 5.15. The van der Waals surface area contributed by atoms with Gasteiger partial charge in [0.05, 0.1) is 16.1 Å². The molecule has 1 unspecified atom stereocenters. The Bertz CT molecular complexity index is 587. The molecule has 2 aromatic rings. The van der Waals surface area contributed by atoms with Gasteiger partial charge in [-0.15, -0.1) is 0 Å². The smallest absolute Gasteiger partial charge is 0.0643 e. The summed E-state index contributed by atoms with van der Waals surface area (Å²) in [6.07, 6.45) is 0. The second-order valence-electron chi connectivity index (χ2n) is 3.79. The summed E-state index contributed by atoms with van der Waals surface area (Å²) in [5.74, 6) is 0. The van der Waals surface area contributed by atoms with E-state index in [-0.39, 0.29) is 6.04 Å². The molecule has 18 heavy (non-hydrogen) atoms. The third kappa shape index (κ3) is 3.02. The first kappa shape index (κ1) is 14.6. The molecule has 0 saturated carbocycles. The lowest BCUT2D eigenvalue weighted by Gasteiger charge is -2.16. The van der Waals surface area contributed by atoms with Crippen LogP contribution in [0.3, 0.4) is 0 Å². The molecule has 0 aliphatic heterocycles. The van der Waals surface area contributed by atoms with Crippen LogP contribution in [0.15, 0.2) is 40.9 Å². The molecule has 1 nitrogen and oxygen atoms in total. The van der Waals surface area contributed by atoms with Gasteiger partial charge in [-0.05, 0) is 58.0 Å². The maximum Gasteiger partial charge on any atom is 0.0643 e. The summed E-state index contributed by atoms with van der Waals surface area (Å²) in [7, 11) is 0. The molecule has 0 radical (unpaired) electrons. The van der Waals surface area contributed by atoms with E-state index in [0.29, 0.717) is 10.0 Å². The molecular formula is C13H9BrCl2IN. The first-order valence-corrected chi connectivity index (χ1v) is 7.78. The first-order chi connectivity index (χ1) is 8.50. The van der Waals surface area contributed by atoms with Crippen LogP contribution in [0.25, 0.3) is 0 Å². The lowest BCUT2D eigenvalue weighted by atomic mass is 10.00. The minimum absolute atomic E-state index is 0.305. The summed E-state index contributed by atoms with van der Waals surface area (Å²) in [6, 6.07) is 11.2. The highest BCUT2D eigenvalue weighted by atomic mass is 127. The Kier molecular flexibility index (Phi) is 4.94. The third-order valence-corrected chi connectivity index (χ3v) is 4.84. The molecule has 2 rings (SSSR count). The van der Waals surface area contributed by atoms with E-state index in [1.54, 1.807) is 6.07 Å². The maximum absolute atomic E-state index is 6.28. The fourth-order valence-electron chi connectivity index (χ4n) is 1.68. The topological polar surface area (TPSA) is 26.0 Å². The van der Waals surface area contributed by atoms with Crippen LogP contribution < -0.4 is 5.73 Å². The highest BCUT2D eigenvalue weighted by molar-refractivity contribution is 14.1. The Balaban J connectivity index is 2.51. The van der Waals surface area contributed by atoms with Crippen LogP contribution >= 0.6 is 61.7 Å². The summed E-state index contributed by atoms with van der Waals surface area (Å²) in [5, 5.41) is 1.03. The lowest BCUT2D eigenvalue weighted by molar-refractivity contribution is 0.865. The fourth-order valence-corrected chi connectivity index (χ4v) is 3.12. The summed E-state index contributed by atoms with van der Waals surface area (Å²) >= 11 is 18.0. The van der Waals surface area contributed by atoms with E-state index in [0.717, 1.165) is 19.2 Å². The number of halogens is 4. The van der Waals surface area contributed by atoms with E-state index in [2.05, 4.69) is 38.5 Å². The molecule has 0 saturated heterocycles. The molecule has 0 aliphatic carbocycles. The predicted molar refractivity (Wildman–Crippen MR) is 89.4 cm³/mol. The number of rotatable bonds is 2. The molecule has 0 amide bonds. The molecule has 0 heterocycles. The monoisotopic (exact) mass is 455 g/mol. The van der Waals surface area contributed by atoms with Gasteiger partial charge >= 0.3 is 0 Å². The Morgan fingerprint density at radius 2 is 1.83 bits per heavy atom. The van der Waals surface area contributed by atoms with Crippen molar-refractivity contribution < 1.29 is 0 Å². The quantitative estimate of drug-likeness (QED) is 0.601.